The fraction of sp³-hybridized carbons (Fsp3) is 0.320. The summed E-state index contributed by atoms with van der Waals surface area (Å²) in [6, 6.07) is 34.5. The van der Waals surface area contributed by atoms with Gasteiger partial charge in [0.15, 0.2) is 0 Å². The molecule has 0 heterocycles. The van der Waals surface area contributed by atoms with E-state index in [1.54, 1.807) is 20.7 Å². The molecular weight excluding hydrogens is 713 g/mol. The summed E-state index contributed by atoms with van der Waals surface area (Å²) in [6.07, 6.45) is 0. The molecule has 7 rings (SSSR count). The first-order chi connectivity index (χ1) is 25.0. The largest absolute Gasteiger partial charge is 0.0774 e. The number of benzene rings is 7. The molecule has 278 valence electrons. The van der Waals surface area contributed by atoms with Crippen LogP contribution >= 0.6 is 0 Å². The van der Waals surface area contributed by atoms with Crippen molar-refractivity contribution in [2.24, 2.45) is 0 Å². The highest BCUT2D eigenvalue weighted by atomic mass is 28.3. The summed E-state index contributed by atoms with van der Waals surface area (Å²) in [6.45, 7) is 39.6. The predicted octanol–water partition coefficient (Wildman–Crippen LogP) is 13.0. The van der Waals surface area contributed by atoms with Gasteiger partial charge in [0, 0.05) is 0 Å². The Morgan fingerprint density at radius 3 is 0.667 bits per heavy atom. The highest BCUT2D eigenvalue weighted by molar-refractivity contribution is 6.99. The van der Waals surface area contributed by atoms with Crippen LogP contribution in [-0.2, 0) is 0 Å². The molecule has 0 unspecified atom stereocenters. The quantitative estimate of drug-likeness (QED) is 0.117. The molecule has 0 fully saturated rings. The SMILES string of the molecule is Cc1cccc(C)c1-c1c2cc3cc([Si](C)(C)C)c([Si](C)(C)C)cc3cc2c(-c2c(C)cccc2C)c2cc3cc([Si](C)(C)C)c([Si](C)(C)C)cc3cc12. The van der Waals surface area contributed by atoms with Crippen LogP contribution in [-0.4, -0.2) is 32.3 Å². The molecule has 0 aromatic heterocycles. The predicted molar refractivity (Wildman–Crippen MR) is 258 cm³/mol. The highest BCUT2D eigenvalue weighted by Crippen LogP contribution is 2.48. The number of hydrogen-bond donors (Lipinski definition) is 0. The van der Waals surface area contributed by atoms with Gasteiger partial charge in [-0.05, 0) is 140 Å². The van der Waals surface area contributed by atoms with Crippen LogP contribution in [0.3, 0.4) is 0 Å². The summed E-state index contributed by atoms with van der Waals surface area (Å²) in [7, 11) is -6.48. The maximum atomic E-state index is 2.62. The Labute approximate surface area is 330 Å². The summed E-state index contributed by atoms with van der Waals surface area (Å²) in [5.74, 6) is 0. The van der Waals surface area contributed by atoms with Gasteiger partial charge in [0.25, 0.3) is 0 Å². The Hall–Kier alpha value is -3.55. The average Bonchev–Trinajstić information content (AvgIpc) is 3.04. The molecule has 0 bridgehead atoms. The maximum absolute atomic E-state index is 2.62. The van der Waals surface area contributed by atoms with Crippen molar-refractivity contribution in [1.29, 1.82) is 0 Å². The van der Waals surface area contributed by atoms with Crippen LogP contribution in [0, 0.1) is 27.7 Å². The summed E-state index contributed by atoms with van der Waals surface area (Å²) in [4.78, 5) is 0. The Kier molecular flexibility index (Phi) is 9.33. The highest BCUT2D eigenvalue weighted by Gasteiger charge is 2.31. The zero-order valence-electron chi connectivity index (χ0n) is 36.1. The lowest BCUT2D eigenvalue weighted by atomic mass is 9.80. The van der Waals surface area contributed by atoms with E-state index in [1.807, 2.05) is 0 Å². The van der Waals surface area contributed by atoms with Crippen molar-refractivity contribution in [3.8, 4) is 22.3 Å². The van der Waals surface area contributed by atoms with Gasteiger partial charge in [-0.25, -0.2) is 0 Å². The second-order valence-electron chi connectivity index (χ2n) is 20.6. The third-order valence-corrected chi connectivity index (χ3v) is 20.6. The first-order valence-electron chi connectivity index (χ1n) is 20.1. The minimum atomic E-state index is -1.62. The van der Waals surface area contributed by atoms with Crippen LogP contribution in [0.25, 0.3) is 65.3 Å². The van der Waals surface area contributed by atoms with Crippen molar-refractivity contribution >= 4 is 96.1 Å². The van der Waals surface area contributed by atoms with Gasteiger partial charge in [0.2, 0.25) is 0 Å². The maximum Gasteiger partial charge on any atom is 0.0774 e. The van der Waals surface area contributed by atoms with Gasteiger partial charge in [-0.1, -0.05) is 160 Å². The Bertz CT molecular complexity index is 2310. The van der Waals surface area contributed by atoms with E-state index in [1.165, 1.54) is 87.6 Å². The van der Waals surface area contributed by atoms with Gasteiger partial charge in [0.05, 0.1) is 32.3 Å². The van der Waals surface area contributed by atoms with Crippen molar-refractivity contribution in [3.63, 3.8) is 0 Å². The van der Waals surface area contributed by atoms with Crippen molar-refractivity contribution in [3.05, 3.63) is 107 Å². The molecule has 0 amide bonds. The first kappa shape index (κ1) is 38.7. The van der Waals surface area contributed by atoms with Crippen LogP contribution in [0.1, 0.15) is 22.3 Å². The second kappa shape index (κ2) is 13.0. The van der Waals surface area contributed by atoms with Crippen molar-refractivity contribution in [1.82, 2.24) is 0 Å². The number of hydrogen-bond acceptors (Lipinski definition) is 0. The van der Waals surface area contributed by atoms with Crippen LogP contribution in [0.5, 0.6) is 0 Å². The van der Waals surface area contributed by atoms with E-state index >= 15 is 0 Å². The minimum absolute atomic E-state index is 1.34. The van der Waals surface area contributed by atoms with E-state index < -0.39 is 32.3 Å². The summed E-state index contributed by atoms with van der Waals surface area (Å²) < 4.78 is 0. The molecule has 0 N–H and O–H groups in total. The zero-order chi connectivity index (χ0) is 39.4. The fourth-order valence-electron chi connectivity index (χ4n) is 9.26. The van der Waals surface area contributed by atoms with E-state index in [2.05, 4.69) is 191 Å². The standard InChI is InChI=1S/C50H62Si4/c1-31-19-17-20-32(2)47(31)49-39-23-35-27-43(51(5,6)7)45(53(11,12)13)29-37(35)25-41(39)50(48-33(3)21-18-22-34(48)4)42-26-38-30-46(54(14,15)16)44(52(8,9)10)28-36(38)24-40(42)49/h17-30H,1-16H3. The summed E-state index contributed by atoms with van der Waals surface area (Å²) in [5, 5.41) is 17.6. The van der Waals surface area contributed by atoms with E-state index in [-0.39, 0.29) is 0 Å². The van der Waals surface area contributed by atoms with Crippen LogP contribution < -0.4 is 20.7 Å². The third-order valence-electron chi connectivity index (χ3n) is 12.0. The molecule has 0 aliphatic heterocycles. The molecule has 0 radical (unpaired) electrons. The van der Waals surface area contributed by atoms with Crippen molar-refractivity contribution < 1.29 is 0 Å². The lowest BCUT2D eigenvalue weighted by molar-refractivity contribution is 1.38. The van der Waals surface area contributed by atoms with Gasteiger partial charge < -0.3 is 0 Å². The summed E-state index contributed by atoms with van der Waals surface area (Å²) in [5.41, 5.74) is 10.9. The molecule has 4 heteroatoms. The molecule has 0 saturated carbocycles. The summed E-state index contributed by atoms with van der Waals surface area (Å²) >= 11 is 0. The lowest BCUT2D eigenvalue weighted by Gasteiger charge is -2.29. The van der Waals surface area contributed by atoms with Crippen molar-refractivity contribution in [2.75, 3.05) is 0 Å². The Morgan fingerprint density at radius 1 is 0.278 bits per heavy atom. The van der Waals surface area contributed by atoms with Crippen LogP contribution in [0.4, 0.5) is 0 Å². The molecule has 0 saturated heterocycles. The van der Waals surface area contributed by atoms with Crippen LogP contribution in [0.2, 0.25) is 78.6 Å². The number of rotatable bonds is 6. The van der Waals surface area contributed by atoms with Gasteiger partial charge in [0.1, 0.15) is 0 Å². The second-order valence-corrected chi connectivity index (χ2v) is 40.7. The number of fused-ring (bicyclic) bond motifs is 4. The van der Waals surface area contributed by atoms with Gasteiger partial charge in [-0.2, -0.15) is 0 Å². The molecule has 0 atom stereocenters. The minimum Gasteiger partial charge on any atom is -0.0656 e. The Balaban J connectivity index is 1.81. The molecular formula is C50H62Si4. The van der Waals surface area contributed by atoms with E-state index in [4.69, 9.17) is 0 Å². The lowest BCUT2D eigenvalue weighted by Crippen LogP contribution is -2.56. The molecule has 7 aromatic rings. The van der Waals surface area contributed by atoms with Gasteiger partial charge in [-0.15, -0.1) is 0 Å². The molecule has 7 aromatic carbocycles. The Morgan fingerprint density at radius 2 is 0.481 bits per heavy atom. The zero-order valence-corrected chi connectivity index (χ0v) is 40.1. The van der Waals surface area contributed by atoms with Crippen LogP contribution in [0.15, 0.2) is 84.9 Å². The topological polar surface area (TPSA) is 0 Å². The fourth-order valence-corrected chi connectivity index (χ4v) is 19.6. The smallest absolute Gasteiger partial charge is 0.0656 e. The monoisotopic (exact) mass is 774 g/mol. The normalized spacial score (nSPS) is 13.2. The average molecular weight is 775 g/mol. The van der Waals surface area contributed by atoms with E-state index in [9.17, 15) is 0 Å². The molecule has 54 heavy (non-hydrogen) atoms. The first-order valence-corrected chi connectivity index (χ1v) is 34.1. The van der Waals surface area contributed by atoms with Gasteiger partial charge >= 0.3 is 0 Å². The van der Waals surface area contributed by atoms with Crippen molar-refractivity contribution in [2.45, 2.75) is 106 Å². The van der Waals surface area contributed by atoms with E-state index in [0.717, 1.165) is 0 Å². The molecule has 0 aliphatic rings. The van der Waals surface area contributed by atoms with Gasteiger partial charge in [-0.3, -0.25) is 0 Å². The molecule has 0 aliphatic carbocycles. The third kappa shape index (κ3) is 6.61. The van der Waals surface area contributed by atoms with E-state index in [0.29, 0.717) is 0 Å². The molecule has 0 nitrogen and oxygen atoms in total. The number of aryl methyl sites for hydroxylation is 4. The molecule has 0 spiro atoms.